The van der Waals surface area contributed by atoms with Gasteiger partial charge in [-0.3, -0.25) is 4.79 Å². The molecule has 1 heterocycles. The van der Waals surface area contributed by atoms with Gasteiger partial charge in [0.15, 0.2) is 11.5 Å². The molecule has 4 rings (SSSR count). The van der Waals surface area contributed by atoms with Crippen LogP contribution in [0.3, 0.4) is 0 Å². The summed E-state index contributed by atoms with van der Waals surface area (Å²) < 4.78 is 16.3. The summed E-state index contributed by atoms with van der Waals surface area (Å²) in [5.74, 6) is 2.66. The zero-order chi connectivity index (χ0) is 21.6. The summed E-state index contributed by atoms with van der Waals surface area (Å²) in [4.78, 5) is 20.1. The Labute approximate surface area is 184 Å². The molecule has 0 atom stereocenters. The Morgan fingerprint density at radius 2 is 1.68 bits per heavy atom. The van der Waals surface area contributed by atoms with Crippen LogP contribution in [0.1, 0.15) is 70.1 Å². The monoisotopic (exact) mass is 427 g/mol. The van der Waals surface area contributed by atoms with Gasteiger partial charge in [-0.15, -0.1) is 0 Å². The van der Waals surface area contributed by atoms with Crippen molar-refractivity contribution in [3.63, 3.8) is 0 Å². The first-order valence-electron chi connectivity index (χ1n) is 11.5. The van der Waals surface area contributed by atoms with Gasteiger partial charge in [0.2, 0.25) is 17.6 Å². The van der Waals surface area contributed by atoms with Crippen LogP contribution in [0, 0.1) is 5.92 Å². The first-order valence-corrected chi connectivity index (χ1v) is 11.5. The Morgan fingerprint density at radius 1 is 1.00 bits per heavy atom. The maximum absolute atomic E-state index is 13.4. The number of ether oxygens (including phenoxy) is 2. The number of aromatic nitrogens is 2. The Balaban J connectivity index is 1.53. The maximum atomic E-state index is 13.4. The average Bonchev–Trinajstić information content (AvgIpc) is 3.31. The topological polar surface area (TPSA) is 77.7 Å². The summed E-state index contributed by atoms with van der Waals surface area (Å²) in [5, 5.41) is 4.17. The van der Waals surface area contributed by atoms with Crippen molar-refractivity contribution in [2.24, 2.45) is 5.92 Å². The van der Waals surface area contributed by atoms with Gasteiger partial charge in [-0.2, -0.15) is 4.98 Å². The maximum Gasteiger partial charge on any atom is 0.246 e. The SMILES string of the molecule is COc1ccc(-c2noc(CN(C(=O)C3CCCCC3)C3CCCCC3)n2)cc1OC. The number of rotatable bonds is 7. The second-order valence-corrected chi connectivity index (χ2v) is 8.67. The molecule has 0 radical (unpaired) electrons. The third-order valence-electron chi connectivity index (χ3n) is 6.67. The second kappa shape index (κ2) is 10.2. The minimum absolute atomic E-state index is 0.143. The van der Waals surface area contributed by atoms with Gasteiger partial charge in [0.1, 0.15) is 6.54 Å². The molecule has 1 aromatic heterocycles. The van der Waals surface area contributed by atoms with Crippen molar-refractivity contribution >= 4 is 5.91 Å². The number of nitrogens with zero attached hydrogens (tertiary/aromatic N) is 3. The van der Waals surface area contributed by atoms with Gasteiger partial charge >= 0.3 is 0 Å². The fraction of sp³-hybridized carbons (Fsp3) is 0.625. The van der Waals surface area contributed by atoms with Gasteiger partial charge in [-0.25, -0.2) is 0 Å². The third kappa shape index (κ3) is 5.02. The minimum Gasteiger partial charge on any atom is -0.493 e. The molecular formula is C24H33N3O4. The zero-order valence-corrected chi connectivity index (χ0v) is 18.6. The predicted octanol–water partition coefficient (Wildman–Crippen LogP) is 5.00. The van der Waals surface area contributed by atoms with Crippen molar-refractivity contribution in [3.8, 4) is 22.9 Å². The summed E-state index contributed by atoms with van der Waals surface area (Å²) in [5.41, 5.74) is 0.787. The molecule has 7 nitrogen and oxygen atoms in total. The van der Waals surface area contributed by atoms with Gasteiger partial charge in [-0.05, 0) is 43.9 Å². The number of methoxy groups -OCH3 is 2. The molecule has 0 spiro atoms. The van der Waals surface area contributed by atoms with E-state index in [-0.39, 0.29) is 17.9 Å². The van der Waals surface area contributed by atoms with Crippen LogP contribution in [0.2, 0.25) is 0 Å². The molecule has 2 aliphatic carbocycles. The van der Waals surface area contributed by atoms with Crippen molar-refractivity contribution < 1.29 is 18.8 Å². The molecule has 31 heavy (non-hydrogen) atoms. The number of carbonyl (C=O) groups excluding carboxylic acids is 1. The van der Waals surface area contributed by atoms with Crippen molar-refractivity contribution in [3.05, 3.63) is 24.1 Å². The first-order chi connectivity index (χ1) is 15.2. The highest BCUT2D eigenvalue weighted by Crippen LogP contribution is 2.33. The second-order valence-electron chi connectivity index (χ2n) is 8.67. The van der Waals surface area contributed by atoms with E-state index in [4.69, 9.17) is 14.0 Å². The van der Waals surface area contributed by atoms with E-state index in [0.29, 0.717) is 29.8 Å². The molecule has 0 N–H and O–H groups in total. The van der Waals surface area contributed by atoms with E-state index in [1.807, 2.05) is 23.1 Å². The molecule has 2 aliphatic rings. The Morgan fingerprint density at radius 3 is 2.35 bits per heavy atom. The molecule has 7 heteroatoms. The van der Waals surface area contributed by atoms with Crippen LogP contribution in [0.5, 0.6) is 11.5 Å². The fourth-order valence-electron chi connectivity index (χ4n) is 4.92. The van der Waals surface area contributed by atoms with Crippen LogP contribution in [-0.4, -0.2) is 41.2 Å². The highest BCUT2D eigenvalue weighted by Gasteiger charge is 2.32. The van der Waals surface area contributed by atoms with E-state index in [1.165, 1.54) is 25.7 Å². The Bertz CT molecular complexity index is 869. The van der Waals surface area contributed by atoms with E-state index >= 15 is 0 Å². The lowest BCUT2D eigenvalue weighted by atomic mass is 9.86. The highest BCUT2D eigenvalue weighted by molar-refractivity contribution is 5.79. The van der Waals surface area contributed by atoms with Gasteiger partial charge in [0.05, 0.1) is 14.2 Å². The van der Waals surface area contributed by atoms with Crippen molar-refractivity contribution in [2.75, 3.05) is 14.2 Å². The van der Waals surface area contributed by atoms with Gasteiger partial charge < -0.3 is 18.9 Å². The lowest BCUT2D eigenvalue weighted by Crippen LogP contribution is -2.44. The van der Waals surface area contributed by atoms with Crippen LogP contribution in [-0.2, 0) is 11.3 Å². The number of hydrogen-bond acceptors (Lipinski definition) is 6. The van der Waals surface area contributed by atoms with E-state index < -0.39 is 0 Å². The lowest BCUT2D eigenvalue weighted by Gasteiger charge is -2.36. The first kappa shape index (κ1) is 21.7. The summed E-state index contributed by atoms with van der Waals surface area (Å²) in [7, 11) is 3.20. The standard InChI is InChI=1S/C24H33N3O4/c1-29-20-14-13-18(15-21(20)30-2)23-25-22(31-26-23)16-27(19-11-7-4-8-12-19)24(28)17-9-5-3-6-10-17/h13-15,17,19H,3-12,16H2,1-2H3. The number of hydrogen-bond donors (Lipinski definition) is 0. The number of amides is 1. The molecule has 0 aliphatic heterocycles. The fourth-order valence-corrected chi connectivity index (χ4v) is 4.92. The van der Waals surface area contributed by atoms with Crippen LogP contribution < -0.4 is 9.47 Å². The smallest absolute Gasteiger partial charge is 0.246 e. The van der Waals surface area contributed by atoms with Gasteiger partial charge in [0.25, 0.3) is 0 Å². The normalized spacial score (nSPS) is 18.0. The van der Waals surface area contributed by atoms with E-state index in [1.54, 1.807) is 14.2 Å². The summed E-state index contributed by atoms with van der Waals surface area (Å²) in [6.07, 6.45) is 11.3. The van der Waals surface area contributed by atoms with Crippen molar-refractivity contribution in [1.29, 1.82) is 0 Å². The van der Waals surface area contributed by atoms with Crippen LogP contribution in [0.15, 0.2) is 22.7 Å². The average molecular weight is 428 g/mol. The Hall–Kier alpha value is -2.57. The van der Waals surface area contributed by atoms with Gasteiger partial charge in [-0.1, -0.05) is 43.7 Å². The van der Waals surface area contributed by atoms with E-state index in [0.717, 1.165) is 44.1 Å². The number of carbonyl (C=O) groups is 1. The van der Waals surface area contributed by atoms with Crippen LogP contribution >= 0.6 is 0 Å². The molecular weight excluding hydrogens is 394 g/mol. The number of benzene rings is 1. The van der Waals surface area contributed by atoms with Crippen molar-refractivity contribution in [2.45, 2.75) is 76.8 Å². The molecule has 1 amide bonds. The summed E-state index contributed by atoms with van der Waals surface area (Å²) >= 11 is 0. The molecule has 168 valence electrons. The van der Waals surface area contributed by atoms with Crippen LogP contribution in [0.4, 0.5) is 0 Å². The molecule has 2 saturated carbocycles. The summed E-state index contributed by atoms with van der Waals surface area (Å²) in [6, 6.07) is 5.81. The third-order valence-corrected chi connectivity index (χ3v) is 6.67. The molecule has 2 fully saturated rings. The molecule has 0 saturated heterocycles. The zero-order valence-electron chi connectivity index (χ0n) is 18.6. The largest absolute Gasteiger partial charge is 0.493 e. The van der Waals surface area contributed by atoms with Crippen molar-refractivity contribution in [1.82, 2.24) is 15.0 Å². The molecule has 0 unspecified atom stereocenters. The summed E-state index contributed by atoms with van der Waals surface area (Å²) in [6.45, 7) is 0.389. The van der Waals surface area contributed by atoms with Crippen LogP contribution in [0.25, 0.3) is 11.4 Å². The minimum atomic E-state index is 0.143. The van der Waals surface area contributed by atoms with E-state index in [9.17, 15) is 4.79 Å². The van der Waals surface area contributed by atoms with Gasteiger partial charge in [0, 0.05) is 17.5 Å². The Kier molecular flexibility index (Phi) is 7.10. The molecule has 2 aromatic rings. The highest BCUT2D eigenvalue weighted by atomic mass is 16.5. The lowest BCUT2D eigenvalue weighted by molar-refractivity contribution is -0.141. The quantitative estimate of drug-likeness (QED) is 0.619. The predicted molar refractivity (Wildman–Crippen MR) is 117 cm³/mol. The molecule has 1 aromatic carbocycles. The van der Waals surface area contributed by atoms with E-state index in [2.05, 4.69) is 10.1 Å². The molecule has 0 bridgehead atoms.